The van der Waals surface area contributed by atoms with Crippen LogP contribution in [0, 0.1) is 0 Å². The average molecular weight is 234 g/mol. The first-order valence-corrected chi connectivity index (χ1v) is 5.33. The van der Waals surface area contributed by atoms with Gasteiger partial charge < -0.3 is 11.5 Å². The van der Waals surface area contributed by atoms with Crippen molar-refractivity contribution in [2.24, 2.45) is 21.5 Å². The van der Waals surface area contributed by atoms with E-state index in [-0.39, 0.29) is 11.9 Å². The second kappa shape index (κ2) is 7.24. The first-order chi connectivity index (χ1) is 8.22. The molecular weight excluding hydrogens is 216 g/mol. The Kier molecular flexibility index (Phi) is 5.53. The largest absolute Gasteiger partial charge is 0.368 e. The lowest BCUT2D eigenvalue weighted by molar-refractivity contribution is 0.762. The smallest absolute Gasteiger partial charge is 0.218 e. The summed E-state index contributed by atoms with van der Waals surface area (Å²) < 4.78 is 0. The number of benzene rings is 1. The highest BCUT2D eigenvalue weighted by molar-refractivity contribution is 5.92. The van der Waals surface area contributed by atoms with E-state index in [0.717, 1.165) is 6.42 Å². The van der Waals surface area contributed by atoms with Crippen molar-refractivity contribution in [3.63, 3.8) is 0 Å². The monoisotopic (exact) mass is 234 g/mol. The number of aliphatic imine (C=N–C) groups is 2. The van der Waals surface area contributed by atoms with E-state index >= 15 is 0 Å². The molecule has 0 atom stereocenters. The number of hydrogen-bond donors (Lipinski definition) is 4. The van der Waals surface area contributed by atoms with Crippen molar-refractivity contribution in [2.45, 2.75) is 6.42 Å². The Morgan fingerprint density at radius 1 is 1.24 bits per heavy atom. The van der Waals surface area contributed by atoms with Gasteiger partial charge in [0.05, 0.1) is 0 Å². The molecule has 92 valence electrons. The molecule has 0 saturated carbocycles. The summed E-state index contributed by atoms with van der Waals surface area (Å²) >= 11 is 0. The number of rotatable bonds is 4. The molecule has 6 heteroatoms. The van der Waals surface area contributed by atoms with Crippen LogP contribution < -0.4 is 22.3 Å². The quantitative estimate of drug-likeness (QED) is 0.323. The molecule has 0 fully saturated rings. The molecule has 0 bridgehead atoms. The molecule has 0 aliphatic rings. The van der Waals surface area contributed by atoms with Crippen LogP contribution in [-0.2, 0) is 6.42 Å². The maximum Gasteiger partial charge on any atom is 0.218 e. The molecular formula is C11H18N6. The van der Waals surface area contributed by atoms with Crippen LogP contribution in [0.4, 0.5) is 0 Å². The zero-order valence-corrected chi connectivity index (χ0v) is 9.85. The Labute approximate surface area is 101 Å². The molecule has 0 amide bonds. The van der Waals surface area contributed by atoms with Crippen LogP contribution in [0.1, 0.15) is 5.56 Å². The first-order valence-electron chi connectivity index (χ1n) is 5.33. The lowest BCUT2D eigenvalue weighted by atomic mass is 10.2. The maximum atomic E-state index is 5.58. The van der Waals surface area contributed by atoms with E-state index in [0.29, 0.717) is 6.54 Å². The topological polar surface area (TPSA) is 101 Å². The molecule has 6 nitrogen and oxygen atoms in total. The molecule has 17 heavy (non-hydrogen) atoms. The van der Waals surface area contributed by atoms with Gasteiger partial charge in [-0.05, 0) is 12.0 Å². The van der Waals surface area contributed by atoms with Crippen molar-refractivity contribution in [3.8, 4) is 0 Å². The summed E-state index contributed by atoms with van der Waals surface area (Å²) in [6, 6.07) is 10.1. The third-order valence-electron chi connectivity index (χ3n) is 2.01. The Bertz CT molecular complexity index is 384. The van der Waals surface area contributed by atoms with Gasteiger partial charge in [-0.15, -0.1) is 0 Å². The molecule has 0 aliphatic heterocycles. The van der Waals surface area contributed by atoms with Gasteiger partial charge in [0.25, 0.3) is 0 Å². The Morgan fingerprint density at radius 3 is 2.59 bits per heavy atom. The standard InChI is InChI=1S/C11H18N6/c1-14-17-11(13)16-10(12)15-8-7-9-5-3-2-4-6-9/h2-6,14H,7-8H2,1H3,(H5,12,13,15,16,17). The fourth-order valence-corrected chi connectivity index (χ4v) is 1.26. The molecule has 0 radical (unpaired) electrons. The molecule has 0 aliphatic carbocycles. The zero-order chi connectivity index (χ0) is 12.5. The van der Waals surface area contributed by atoms with E-state index in [9.17, 15) is 0 Å². The van der Waals surface area contributed by atoms with Crippen molar-refractivity contribution in [1.82, 2.24) is 10.9 Å². The molecule has 0 heterocycles. The van der Waals surface area contributed by atoms with Gasteiger partial charge in [0.2, 0.25) is 11.9 Å². The number of hydrazine groups is 1. The van der Waals surface area contributed by atoms with Gasteiger partial charge in [0.15, 0.2) is 0 Å². The minimum atomic E-state index is 0.168. The zero-order valence-electron chi connectivity index (χ0n) is 9.85. The third kappa shape index (κ3) is 5.53. The molecule has 1 rings (SSSR count). The Hall–Kier alpha value is -2.08. The van der Waals surface area contributed by atoms with Gasteiger partial charge in [-0.3, -0.25) is 10.4 Å². The normalized spacial score (nSPS) is 12.5. The van der Waals surface area contributed by atoms with Crippen LogP contribution >= 0.6 is 0 Å². The Balaban J connectivity index is 2.41. The molecule has 0 unspecified atom stereocenters. The number of nitrogens with zero attached hydrogens (tertiary/aromatic N) is 2. The highest BCUT2D eigenvalue weighted by Crippen LogP contribution is 1.99. The molecule has 0 saturated heterocycles. The minimum Gasteiger partial charge on any atom is -0.368 e. The molecule has 6 N–H and O–H groups in total. The van der Waals surface area contributed by atoms with Crippen molar-refractivity contribution < 1.29 is 0 Å². The highest BCUT2D eigenvalue weighted by Gasteiger charge is 1.93. The van der Waals surface area contributed by atoms with E-state index in [2.05, 4.69) is 20.8 Å². The summed E-state index contributed by atoms with van der Waals surface area (Å²) in [5.74, 6) is 0.356. The highest BCUT2D eigenvalue weighted by atomic mass is 15.4. The second-order valence-electron chi connectivity index (χ2n) is 3.35. The summed E-state index contributed by atoms with van der Waals surface area (Å²) in [5, 5.41) is 0. The Morgan fingerprint density at radius 2 is 1.94 bits per heavy atom. The fraction of sp³-hybridized carbons (Fsp3) is 0.273. The van der Waals surface area contributed by atoms with E-state index in [4.69, 9.17) is 11.5 Å². The summed E-state index contributed by atoms with van der Waals surface area (Å²) in [6.45, 7) is 0.589. The van der Waals surface area contributed by atoms with Crippen molar-refractivity contribution in [1.29, 1.82) is 0 Å². The molecule has 0 aromatic heterocycles. The number of guanidine groups is 2. The summed E-state index contributed by atoms with van der Waals surface area (Å²) in [5.41, 5.74) is 17.5. The molecule has 0 spiro atoms. The summed E-state index contributed by atoms with van der Waals surface area (Å²) in [7, 11) is 1.69. The minimum absolute atomic E-state index is 0.168. The predicted octanol–water partition coefficient (Wildman–Crippen LogP) is -0.417. The third-order valence-corrected chi connectivity index (χ3v) is 2.01. The maximum absolute atomic E-state index is 5.58. The van der Waals surface area contributed by atoms with Gasteiger partial charge in [0, 0.05) is 13.6 Å². The predicted molar refractivity (Wildman–Crippen MR) is 70.5 cm³/mol. The lowest BCUT2D eigenvalue weighted by Gasteiger charge is -2.02. The number of nitrogens with two attached hydrogens (primary N) is 2. The summed E-state index contributed by atoms with van der Waals surface area (Å²) in [4.78, 5) is 7.95. The summed E-state index contributed by atoms with van der Waals surface area (Å²) in [6.07, 6.45) is 0.830. The van der Waals surface area contributed by atoms with Crippen LogP contribution in [-0.4, -0.2) is 25.5 Å². The fourth-order valence-electron chi connectivity index (χ4n) is 1.26. The van der Waals surface area contributed by atoms with Gasteiger partial charge in [-0.1, -0.05) is 30.3 Å². The SMILES string of the molecule is CNN/C(N)=N/C(N)=NCCc1ccccc1. The van der Waals surface area contributed by atoms with Crippen molar-refractivity contribution >= 4 is 11.9 Å². The number of nitrogens with one attached hydrogen (secondary N) is 2. The molecule has 1 aromatic rings. The average Bonchev–Trinajstić information content (AvgIpc) is 2.30. The second-order valence-corrected chi connectivity index (χ2v) is 3.35. The lowest BCUT2D eigenvalue weighted by Crippen LogP contribution is -2.41. The van der Waals surface area contributed by atoms with E-state index in [1.807, 2.05) is 30.3 Å². The van der Waals surface area contributed by atoms with Gasteiger partial charge in [-0.2, -0.15) is 4.99 Å². The van der Waals surface area contributed by atoms with Gasteiger partial charge in [-0.25, -0.2) is 5.43 Å². The van der Waals surface area contributed by atoms with Gasteiger partial charge in [0.1, 0.15) is 0 Å². The molecule has 1 aromatic carbocycles. The van der Waals surface area contributed by atoms with E-state index in [1.165, 1.54) is 5.56 Å². The van der Waals surface area contributed by atoms with E-state index in [1.54, 1.807) is 7.05 Å². The van der Waals surface area contributed by atoms with Crippen LogP contribution in [0.15, 0.2) is 40.3 Å². The van der Waals surface area contributed by atoms with E-state index < -0.39 is 0 Å². The van der Waals surface area contributed by atoms with Crippen molar-refractivity contribution in [2.75, 3.05) is 13.6 Å². The van der Waals surface area contributed by atoms with Crippen LogP contribution in [0.3, 0.4) is 0 Å². The van der Waals surface area contributed by atoms with Crippen LogP contribution in [0.5, 0.6) is 0 Å². The van der Waals surface area contributed by atoms with Crippen LogP contribution in [0.25, 0.3) is 0 Å². The van der Waals surface area contributed by atoms with Crippen molar-refractivity contribution in [3.05, 3.63) is 35.9 Å². The first kappa shape index (κ1) is 13.0. The van der Waals surface area contributed by atoms with Gasteiger partial charge >= 0.3 is 0 Å². The number of hydrogen-bond acceptors (Lipinski definition) is 2. The van der Waals surface area contributed by atoms with Crippen LogP contribution in [0.2, 0.25) is 0 Å².